The molecule has 0 amide bonds. The summed E-state index contributed by atoms with van der Waals surface area (Å²) in [7, 11) is 0. The molecule has 0 saturated carbocycles. The lowest BCUT2D eigenvalue weighted by atomic mass is 10.1. The maximum Gasteiger partial charge on any atom is 0.163 e. The Morgan fingerprint density at radius 2 is 1.86 bits per heavy atom. The Kier molecular flexibility index (Phi) is 4.80. The van der Waals surface area contributed by atoms with Crippen molar-refractivity contribution in [2.24, 2.45) is 0 Å². The van der Waals surface area contributed by atoms with E-state index in [1.165, 1.54) is 12.1 Å². The van der Waals surface area contributed by atoms with E-state index >= 15 is 0 Å². The number of halogens is 2. The number of hydrogen-bond acceptors (Lipinski definition) is 3. The predicted octanol–water partition coefficient (Wildman–Crippen LogP) is 3.45. The number of hydrogen-bond donors (Lipinski definition) is 1. The summed E-state index contributed by atoms with van der Waals surface area (Å²) in [5.41, 5.74) is 1.03. The van der Waals surface area contributed by atoms with Crippen LogP contribution in [0.2, 0.25) is 5.02 Å². The van der Waals surface area contributed by atoms with Crippen molar-refractivity contribution in [3.63, 3.8) is 0 Å². The third-order valence-corrected chi connectivity index (χ3v) is 3.74. The standard InChI is InChI=1S/C17H17ClFNO2/c18-13-3-6-16(17(9-13)22-15-10-20-11-15)21-8-7-12-1-4-14(19)5-2-12/h1-6,9,15,20H,7-8,10-11H2. The molecular formula is C17H17ClFNO2. The van der Waals surface area contributed by atoms with Gasteiger partial charge >= 0.3 is 0 Å². The van der Waals surface area contributed by atoms with Gasteiger partial charge in [-0.05, 0) is 29.8 Å². The molecule has 2 aromatic carbocycles. The van der Waals surface area contributed by atoms with E-state index in [1.54, 1.807) is 24.3 Å². The minimum Gasteiger partial charge on any atom is -0.489 e. The number of benzene rings is 2. The molecule has 1 N–H and O–H groups in total. The topological polar surface area (TPSA) is 30.5 Å². The first-order chi connectivity index (χ1) is 10.7. The average Bonchev–Trinajstić information content (AvgIpc) is 2.47. The van der Waals surface area contributed by atoms with Crippen LogP contribution in [0.25, 0.3) is 0 Å². The molecule has 0 radical (unpaired) electrons. The van der Waals surface area contributed by atoms with Crippen molar-refractivity contribution in [1.82, 2.24) is 5.32 Å². The van der Waals surface area contributed by atoms with E-state index in [4.69, 9.17) is 21.1 Å². The first kappa shape index (κ1) is 15.1. The van der Waals surface area contributed by atoms with Crippen molar-refractivity contribution in [2.45, 2.75) is 12.5 Å². The molecule has 1 heterocycles. The SMILES string of the molecule is Fc1ccc(CCOc2ccc(Cl)cc2OC2CNC2)cc1. The molecule has 3 rings (SSSR count). The molecule has 116 valence electrons. The molecule has 0 bridgehead atoms. The quantitative estimate of drug-likeness (QED) is 0.884. The minimum absolute atomic E-state index is 0.165. The van der Waals surface area contributed by atoms with Gasteiger partial charge in [-0.3, -0.25) is 0 Å². The maximum atomic E-state index is 12.9. The summed E-state index contributed by atoms with van der Waals surface area (Å²) in [5, 5.41) is 3.77. The summed E-state index contributed by atoms with van der Waals surface area (Å²) in [4.78, 5) is 0. The van der Waals surface area contributed by atoms with Crippen molar-refractivity contribution >= 4 is 11.6 Å². The summed E-state index contributed by atoms with van der Waals surface area (Å²) >= 11 is 6.02. The maximum absolute atomic E-state index is 12.9. The predicted molar refractivity (Wildman–Crippen MR) is 84.3 cm³/mol. The molecule has 22 heavy (non-hydrogen) atoms. The second-order valence-corrected chi connectivity index (χ2v) is 5.65. The van der Waals surface area contributed by atoms with Gasteiger partial charge < -0.3 is 14.8 Å². The van der Waals surface area contributed by atoms with Crippen LogP contribution in [0.5, 0.6) is 11.5 Å². The Hall–Kier alpha value is -1.78. The molecule has 2 aromatic rings. The lowest BCUT2D eigenvalue weighted by molar-refractivity contribution is 0.135. The third kappa shape index (κ3) is 3.90. The monoisotopic (exact) mass is 321 g/mol. The normalized spacial score (nSPS) is 14.5. The van der Waals surface area contributed by atoms with Crippen LogP contribution in [-0.2, 0) is 6.42 Å². The summed E-state index contributed by atoms with van der Waals surface area (Å²) < 4.78 is 24.5. The first-order valence-electron chi connectivity index (χ1n) is 7.25. The van der Waals surface area contributed by atoms with Crippen LogP contribution in [0.3, 0.4) is 0 Å². The molecular weight excluding hydrogens is 305 g/mol. The zero-order valence-electron chi connectivity index (χ0n) is 12.0. The van der Waals surface area contributed by atoms with Gasteiger partial charge in [-0.25, -0.2) is 4.39 Å². The van der Waals surface area contributed by atoms with Gasteiger partial charge in [0, 0.05) is 30.6 Å². The Balaban J connectivity index is 1.60. The van der Waals surface area contributed by atoms with Crippen LogP contribution in [-0.4, -0.2) is 25.8 Å². The Morgan fingerprint density at radius 3 is 2.55 bits per heavy atom. The molecule has 1 aliphatic rings. The zero-order chi connectivity index (χ0) is 15.4. The van der Waals surface area contributed by atoms with Gasteiger partial charge in [-0.15, -0.1) is 0 Å². The smallest absolute Gasteiger partial charge is 0.163 e. The van der Waals surface area contributed by atoms with Crippen molar-refractivity contribution in [3.05, 3.63) is 58.9 Å². The van der Waals surface area contributed by atoms with E-state index in [1.807, 2.05) is 6.07 Å². The van der Waals surface area contributed by atoms with Crippen molar-refractivity contribution in [3.8, 4) is 11.5 Å². The number of nitrogens with one attached hydrogen (secondary N) is 1. The summed E-state index contributed by atoms with van der Waals surface area (Å²) in [6.07, 6.45) is 0.866. The molecule has 0 aromatic heterocycles. The van der Waals surface area contributed by atoms with Crippen molar-refractivity contribution in [1.29, 1.82) is 0 Å². The number of ether oxygens (including phenoxy) is 2. The van der Waals surface area contributed by atoms with Crippen LogP contribution in [0.4, 0.5) is 4.39 Å². The van der Waals surface area contributed by atoms with E-state index in [9.17, 15) is 4.39 Å². The molecule has 0 aliphatic carbocycles. The molecule has 3 nitrogen and oxygen atoms in total. The highest BCUT2D eigenvalue weighted by Gasteiger charge is 2.20. The highest BCUT2D eigenvalue weighted by molar-refractivity contribution is 6.30. The fourth-order valence-corrected chi connectivity index (χ4v) is 2.31. The van der Waals surface area contributed by atoms with Crippen LogP contribution in [0.15, 0.2) is 42.5 Å². The van der Waals surface area contributed by atoms with Gasteiger partial charge in [-0.1, -0.05) is 23.7 Å². The van der Waals surface area contributed by atoms with Gasteiger partial charge in [0.15, 0.2) is 11.5 Å². The molecule has 0 atom stereocenters. The molecule has 0 unspecified atom stereocenters. The first-order valence-corrected chi connectivity index (χ1v) is 7.63. The van der Waals surface area contributed by atoms with Crippen molar-refractivity contribution < 1.29 is 13.9 Å². The summed E-state index contributed by atoms with van der Waals surface area (Å²) in [5.74, 6) is 1.11. The fraction of sp³-hybridized carbons (Fsp3) is 0.294. The van der Waals surface area contributed by atoms with Gasteiger partial charge in [-0.2, -0.15) is 0 Å². The minimum atomic E-state index is -0.229. The fourth-order valence-electron chi connectivity index (χ4n) is 2.15. The second kappa shape index (κ2) is 6.99. The Labute approximate surface area is 134 Å². The third-order valence-electron chi connectivity index (χ3n) is 3.50. The second-order valence-electron chi connectivity index (χ2n) is 5.21. The van der Waals surface area contributed by atoms with E-state index in [-0.39, 0.29) is 11.9 Å². The lowest BCUT2D eigenvalue weighted by Gasteiger charge is -2.28. The van der Waals surface area contributed by atoms with Crippen LogP contribution in [0, 0.1) is 5.82 Å². The summed E-state index contributed by atoms with van der Waals surface area (Å²) in [6, 6.07) is 11.8. The van der Waals surface area contributed by atoms with Gasteiger partial charge in [0.25, 0.3) is 0 Å². The highest BCUT2D eigenvalue weighted by Crippen LogP contribution is 2.31. The summed E-state index contributed by atoms with van der Waals surface area (Å²) in [6.45, 7) is 2.16. The lowest BCUT2D eigenvalue weighted by Crippen LogP contribution is -2.50. The average molecular weight is 322 g/mol. The molecule has 5 heteroatoms. The van der Waals surface area contributed by atoms with E-state index in [2.05, 4.69) is 5.32 Å². The zero-order valence-corrected chi connectivity index (χ0v) is 12.8. The molecule has 0 spiro atoms. The van der Waals surface area contributed by atoms with Gasteiger partial charge in [0.05, 0.1) is 6.61 Å². The van der Waals surface area contributed by atoms with E-state index < -0.39 is 0 Å². The Morgan fingerprint density at radius 1 is 1.09 bits per heavy atom. The van der Waals surface area contributed by atoms with E-state index in [0.29, 0.717) is 29.5 Å². The van der Waals surface area contributed by atoms with Gasteiger partial charge in [0.1, 0.15) is 11.9 Å². The molecule has 1 aliphatic heterocycles. The van der Waals surface area contributed by atoms with Crippen LogP contribution >= 0.6 is 11.6 Å². The van der Waals surface area contributed by atoms with Crippen LogP contribution < -0.4 is 14.8 Å². The Bertz CT molecular complexity index is 629. The molecule has 1 fully saturated rings. The van der Waals surface area contributed by atoms with Crippen molar-refractivity contribution in [2.75, 3.05) is 19.7 Å². The highest BCUT2D eigenvalue weighted by atomic mass is 35.5. The largest absolute Gasteiger partial charge is 0.489 e. The van der Waals surface area contributed by atoms with E-state index in [0.717, 1.165) is 18.7 Å². The van der Waals surface area contributed by atoms with Gasteiger partial charge in [0.2, 0.25) is 0 Å². The van der Waals surface area contributed by atoms with Crippen LogP contribution in [0.1, 0.15) is 5.56 Å². The molecule has 1 saturated heterocycles. The number of rotatable bonds is 6.